The van der Waals surface area contributed by atoms with E-state index >= 15 is 0 Å². The van der Waals surface area contributed by atoms with E-state index in [0.29, 0.717) is 11.5 Å². The molecule has 0 bridgehead atoms. The molecule has 0 aliphatic carbocycles. The third-order valence-corrected chi connectivity index (χ3v) is 4.07. The van der Waals surface area contributed by atoms with Crippen LogP contribution in [0.15, 0.2) is 42.6 Å². The third kappa shape index (κ3) is 3.45. The van der Waals surface area contributed by atoms with Crippen molar-refractivity contribution in [3.63, 3.8) is 0 Å². The van der Waals surface area contributed by atoms with Gasteiger partial charge in [0.05, 0.1) is 17.8 Å². The molecular weight excluding hydrogens is 329 g/mol. The van der Waals surface area contributed by atoms with Crippen LogP contribution >= 0.6 is 0 Å². The minimum atomic E-state index is -4.39. The van der Waals surface area contributed by atoms with Crippen LogP contribution in [0.2, 0.25) is 0 Å². The number of aromatic nitrogens is 3. The van der Waals surface area contributed by atoms with Crippen molar-refractivity contribution in [2.24, 2.45) is 0 Å². The molecule has 1 atom stereocenters. The summed E-state index contributed by atoms with van der Waals surface area (Å²) in [6, 6.07) is 8.65. The van der Waals surface area contributed by atoms with E-state index in [4.69, 9.17) is 0 Å². The second kappa shape index (κ2) is 6.38. The average molecular weight is 348 g/mol. The molecule has 0 fully saturated rings. The van der Waals surface area contributed by atoms with Crippen molar-refractivity contribution in [1.29, 1.82) is 0 Å². The largest absolute Gasteiger partial charge is 0.416 e. The Morgan fingerprint density at radius 3 is 2.48 bits per heavy atom. The van der Waals surface area contributed by atoms with Gasteiger partial charge in [0.25, 0.3) is 0 Å². The molecule has 3 aromatic rings. The molecule has 2 heterocycles. The number of nitrogens with zero attached hydrogens (tertiary/aromatic N) is 3. The Morgan fingerprint density at radius 1 is 1.08 bits per heavy atom. The van der Waals surface area contributed by atoms with Gasteiger partial charge in [-0.2, -0.15) is 22.8 Å². The highest BCUT2D eigenvalue weighted by atomic mass is 19.4. The lowest BCUT2D eigenvalue weighted by Gasteiger charge is -2.21. The molecule has 2 aromatic heterocycles. The molecule has 0 aliphatic heterocycles. The third-order valence-electron chi connectivity index (χ3n) is 4.07. The van der Waals surface area contributed by atoms with Crippen molar-refractivity contribution >= 4 is 11.5 Å². The van der Waals surface area contributed by atoms with Crippen LogP contribution in [0.3, 0.4) is 0 Å². The summed E-state index contributed by atoms with van der Waals surface area (Å²) in [7, 11) is 0. The number of benzene rings is 1. The Kier molecular flexibility index (Phi) is 4.41. The zero-order chi connectivity index (χ0) is 18.2. The summed E-state index contributed by atoms with van der Waals surface area (Å²) in [5.41, 5.74) is 1.07. The van der Waals surface area contributed by atoms with Crippen LogP contribution in [-0.2, 0) is 6.18 Å². The SMILES string of the molecule is CC(C)c1cc(N[C@H](C)c2ccccc2C(F)(F)F)n2nccc2n1. The highest BCUT2D eigenvalue weighted by Gasteiger charge is 2.34. The first-order chi connectivity index (χ1) is 11.8. The molecule has 132 valence electrons. The molecule has 0 radical (unpaired) electrons. The molecule has 25 heavy (non-hydrogen) atoms. The number of hydrogen-bond acceptors (Lipinski definition) is 3. The molecule has 0 amide bonds. The van der Waals surface area contributed by atoms with Crippen molar-refractivity contribution < 1.29 is 13.2 Å². The molecule has 4 nitrogen and oxygen atoms in total. The van der Waals surface area contributed by atoms with Crippen LogP contribution < -0.4 is 5.32 Å². The summed E-state index contributed by atoms with van der Waals surface area (Å²) in [5.74, 6) is 0.807. The van der Waals surface area contributed by atoms with Gasteiger partial charge in [-0.15, -0.1) is 0 Å². The van der Waals surface area contributed by atoms with E-state index in [0.717, 1.165) is 11.8 Å². The fraction of sp³-hybridized carbons (Fsp3) is 0.333. The minimum Gasteiger partial charge on any atom is -0.363 e. The molecule has 1 aromatic carbocycles. The Labute approximate surface area is 143 Å². The number of hydrogen-bond donors (Lipinski definition) is 1. The molecule has 7 heteroatoms. The monoisotopic (exact) mass is 348 g/mol. The predicted octanol–water partition coefficient (Wildman–Crippen LogP) is 5.04. The lowest BCUT2D eigenvalue weighted by Crippen LogP contribution is -2.17. The van der Waals surface area contributed by atoms with Gasteiger partial charge in [0.2, 0.25) is 0 Å². The molecule has 0 unspecified atom stereocenters. The zero-order valence-corrected chi connectivity index (χ0v) is 14.2. The van der Waals surface area contributed by atoms with Crippen LogP contribution in [-0.4, -0.2) is 14.6 Å². The summed E-state index contributed by atoms with van der Waals surface area (Å²) < 4.78 is 41.4. The second-order valence-electron chi connectivity index (χ2n) is 6.27. The van der Waals surface area contributed by atoms with Crippen molar-refractivity contribution in [1.82, 2.24) is 14.6 Å². The van der Waals surface area contributed by atoms with Crippen LogP contribution in [0.25, 0.3) is 5.65 Å². The topological polar surface area (TPSA) is 42.2 Å². The molecular formula is C18H19F3N4. The molecule has 3 rings (SSSR count). The van der Waals surface area contributed by atoms with Gasteiger partial charge in [0.1, 0.15) is 5.82 Å². The lowest BCUT2D eigenvalue weighted by atomic mass is 10.0. The zero-order valence-electron chi connectivity index (χ0n) is 14.2. The van der Waals surface area contributed by atoms with Crippen LogP contribution in [0.1, 0.15) is 49.6 Å². The Balaban J connectivity index is 2.01. The number of anilines is 1. The van der Waals surface area contributed by atoms with E-state index in [2.05, 4.69) is 15.4 Å². The van der Waals surface area contributed by atoms with E-state index in [9.17, 15) is 13.2 Å². The van der Waals surface area contributed by atoms with E-state index in [1.807, 2.05) is 19.9 Å². The molecule has 0 saturated carbocycles. The van der Waals surface area contributed by atoms with Crippen molar-refractivity contribution in [2.45, 2.75) is 38.9 Å². The predicted molar refractivity (Wildman–Crippen MR) is 90.6 cm³/mol. The number of alkyl halides is 3. The Hall–Kier alpha value is -2.57. The van der Waals surface area contributed by atoms with Gasteiger partial charge in [-0.05, 0) is 24.5 Å². The summed E-state index contributed by atoms with van der Waals surface area (Å²) in [4.78, 5) is 4.51. The van der Waals surface area contributed by atoms with Crippen molar-refractivity contribution in [3.05, 3.63) is 59.4 Å². The maximum absolute atomic E-state index is 13.3. The Bertz CT molecular complexity index is 883. The highest BCUT2D eigenvalue weighted by Crippen LogP contribution is 2.35. The smallest absolute Gasteiger partial charge is 0.363 e. The van der Waals surface area contributed by atoms with Gasteiger partial charge in [-0.3, -0.25) is 0 Å². The van der Waals surface area contributed by atoms with Gasteiger partial charge >= 0.3 is 6.18 Å². The first-order valence-electron chi connectivity index (χ1n) is 8.04. The fourth-order valence-electron chi connectivity index (χ4n) is 2.76. The van der Waals surface area contributed by atoms with Crippen LogP contribution in [0.5, 0.6) is 0 Å². The second-order valence-corrected chi connectivity index (χ2v) is 6.27. The maximum atomic E-state index is 13.3. The first kappa shape index (κ1) is 17.3. The first-order valence-corrected chi connectivity index (χ1v) is 8.04. The van der Waals surface area contributed by atoms with Gasteiger partial charge in [-0.1, -0.05) is 32.0 Å². The number of fused-ring (bicyclic) bond motifs is 1. The quantitative estimate of drug-likeness (QED) is 0.718. The Morgan fingerprint density at radius 2 is 1.80 bits per heavy atom. The molecule has 0 saturated heterocycles. The number of nitrogens with one attached hydrogen (secondary N) is 1. The number of rotatable bonds is 4. The van der Waals surface area contributed by atoms with E-state index in [-0.39, 0.29) is 11.5 Å². The highest BCUT2D eigenvalue weighted by molar-refractivity contribution is 5.51. The van der Waals surface area contributed by atoms with Gasteiger partial charge in [0, 0.05) is 17.8 Å². The summed E-state index contributed by atoms with van der Waals surface area (Å²) >= 11 is 0. The maximum Gasteiger partial charge on any atom is 0.416 e. The van der Waals surface area contributed by atoms with Gasteiger partial charge in [-0.25, -0.2) is 4.98 Å². The van der Waals surface area contributed by atoms with E-state index in [1.165, 1.54) is 12.1 Å². The van der Waals surface area contributed by atoms with Gasteiger partial charge in [0.15, 0.2) is 5.65 Å². The fourth-order valence-corrected chi connectivity index (χ4v) is 2.76. The van der Waals surface area contributed by atoms with Gasteiger partial charge < -0.3 is 5.32 Å². The summed E-state index contributed by atoms with van der Waals surface area (Å²) in [5, 5.41) is 7.36. The number of halogens is 3. The average Bonchev–Trinajstić information content (AvgIpc) is 3.02. The molecule has 0 aliphatic rings. The minimum absolute atomic E-state index is 0.193. The van der Waals surface area contributed by atoms with E-state index < -0.39 is 17.8 Å². The van der Waals surface area contributed by atoms with Crippen molar-refractivity contribution in [3.8, 4) is 0 Å². The summed E-state index contributed by atoms with van der Waals surface area (Å²) in [6.45, 7) is 5.73. The van der Waals surface area contributed by atoms with Crippen LogP contribution in [0, 0.1) is 0 Å². The lowest BCUT2D eigenvalue weighted by molar-refractivity contribution is -0.138. The standard InChI is InChI=1S/C18H19F3N4/c1-11(2)15-10-17(25-16(24-15)8-9-22-25)23-12(3)13-6-4-5-7-14(13)18(19,20)21/h4-12,23H,1-3H3/t12-/m1/s1. The normalized spacial score (nSPS) is 13.4. The summed E-state index contributed by atoms with van der Waals surface area (Å²) in [6.07, 6.45) is -2.78. The van der Waals surface area contributed by atoms with Crippen LogP contribution in [0.4, 0.5) is 19.0 Å². The molecule has 1 N–H and O–H groups in total. The van der Waals surface area contributed by atoms with Crippen molar-refractivity contribution in [2.75, 3.05) is 5.32 Å². The molecule has 0 spiro atoms. The van der Waals surface area contributed by atoms with E-state index in [1.54, 1.807) is 29.8 Å².